The number of rotatable bonds is 10. The van der Waals surface area contributed by atoms with Gasteiger partial charge < -0.3 is 19.1 Å². The van der Waals surface area contributed by atoms with Gasteiger partial charge in [0, 0.05) is 6.04 Å². The molecule has 8 heteroatoms. The molecule has 20 heavy (non-hydrogen) atoms. The summed E-state index contributed by atoms with van der Waals surface area (Å²) >= 11 is 0. The van der Waals surface area contributed by atoms with E-state index in [1.165, 1.54) is 0 Å². The van der Waals surface area contributed by atoms with Gasteiger partial charge in [0.15, 0.2) is 0 Å². The quantitative estimate of drug-likeness (QED) is 0.246. The smallest absolute Gasteiger partial charge is 0.256 e. The Morgan fingerprint density at radius 3 is 2.95 bits per heavy atom. The summed E-state index contributed by atoms with van der Waals surface area (Å²) in [6.45, 7) is 4.85. The van der Waals surface area contributed by atoms with Crippen molar-refractivity contribution in [3.05, 3.63) is 0 Å². The molecule has 1 rings (SSSR count). The number of nitrogens with zero attached hydrogens (tertiary/aromatic N) is 1. The minimum Gasteiger partial charge on any atom is -0.353 e. The summed E-state index contributed by atoms with van der Waals surface area (Å²) in [7, 11) is -1.20. The third-order valence-electron chi connectivity index (χ3n) is 2.54. The fourth-order valence-corrected chi connectivity index (χ4v) is 2.90. The van der Waals surface area contributed by atoms with E-state index in [1.54, 1.807) is 0 Å². The summed E-state index contributed by atoms with van der Waals surface area (Å²) < 4.78 is 16.9. The van der Waals surface area contributed by atoms with Gasteiger partial charge in [-0.15, -0.1) is 0 Å². The maximum atomic E-state index is 8.51. The Labute approximate surface area is 121 Å². The maximum absolute atomic E-state index is 8.51. The molecule has 1 unspecified atom stereocenters. The van der Waals surface area contributed by atoms with Crippen LogP contribution >= 0.6 is 8.53 Å². The Hall–Kier alpha value is -0.770. The van der Waals surface area contributed by atoms with Crippen LogP contribution < -0.4 is 10.4 Å². The zero-order valence-corrected chi connectivity index (χ0v) is 12.9. The van der Waals surface area contributed by atoms with Gasteiger partial charge in [-0.05, 0) is 26.7 Å². The van der Waals surface area contributed by atoms with Crippen molar-refractivity contribution in [2.75, 3.05) is 13.2 Å². The number of nitriles is 1. The minimum absolute atomic E-state index is 0.0194. The van der Waals surface area contributed by atoms with Crippen molar-refractivity contribution in [2.24, 2.45) is 0 Å². The molecule has 0 radical (unpaired) electrons. The number of hydrogen-bond donors (Lipinski definition) is 3. The average Bonchev–Trinajstić information content (AvgIpc) is 2.84. The summed E-state index contributed by atoms with van der Waals surface area (Å²) in [5.41, 5.74) is 0. The van der Waals surface area contributed by atoms with Crippen molar-refractivity contribution >= 4 is 14.9 Å². The first-order valence-corrected chi connectivity index (χ1v) is 7.93. The highest BCUT2D eigenvalue weighted by molar-refractivity contribution is 7.45. The van der Waals surface area contributed by atoms with Crippen LogP contribution in [0.25, 0.3) is 0 Å². The van der Waals surface area contributed by atoms with Crippen LogP contribution in [0.2, 0.25) is 0 Å². The Bertz CT molecular complexity index is 324. The predicted molar refractivity (Wildman–Crippen MR) is 77.1 cm³/mol. The van der Waals surface area contributed by atoms with E-state index in [0.717, 1.165) is 19.2 Å². The molecular formula is C12H23N4O3P. The Kier molecular flexibility index (Phi) is 8.67. The van der Waals surface area contributed by atoms with Crippen molar-refractivity contribution in [3.8, 4) is 6.07 Å². The van der Waals surface area contributed by atoms with E-state index in [0.29, 0.717) is 19.6 Å². The van der Waals surface area contributed by atoms with Gasteiger partial charge in [-0.2, -0.15) is 5.26 Å². The monoisotopic (exact) mass is 302 g/mol. The predicted octanol–water partition coefficient (Wildman–Crippen LogP) is 1.86. The molecule has 1 aliphatic heterocycles. The van der Waals surface area contributed by atoms with Crippen LogP contribution in [-0.4, -0.2) is 37.9 Å². The standard InChI is InChI=1S/C12H23N4O3P/c1-10(2)16-20(17-7-3-6-13)18-8-11-4-5-12(19-11)15-9-14/h9-12,16H,3-5,7-8H2,1-2H3,(H2,14,15)/t11-,12+,20?/m0/s1. The van der Waals surface area contributed by atoms with Crippen LogP contribution in [0.1, 0.15) is 33.1 Å². The fourth-order valence-electron chi connectivity index (χ4n) is 1.69. The Balaban J connectivity index is 2.27. The maximum Gasteiger partial charge on any atom is 0.256 e. The van der Waals surface area contributed by atoms with Gasteiger partial charge in [0.1, 0.15) is 6.23 Å². The molecule has 1 fully saturated rings. The van der Waals surface area contributed by atoms with Crippen LogP contribution in [0.5, 0.6) is 0 Å². The fraction of sp³-hybridized carbons (Fsp3) is 0.833. The summed E-state index contributed by atoms with van der Waals surface area (Å²) in [4.78, 5) is 0. The van der Waals surface area contributed by atoms with Gasteiger partial charge in [-0.3, -0.25) is 5.41 Å². The second kappa shape index (κ2) is 10.0. The van der Waals surface area contributed by atoms with Gasteiger partial charge in [0.2, 0.25) is 0 Å². The third kappa shape index (κ3) is 7.13. The van der Waals surface area contributed by atoms with E-state index < -0.39 is 8.53 Å². The second-order valence-electron chi connectivity index (χ2n) is 4.71. The Morgan fingerprint density at radius 2 is 2.30 bits per heavy atom. The molecule has 3 N–H and O–H groups in total. The lowest BCUT2D eigenvalue weighted by molar-refractivity contribution is 0.0109. The molecule has 0 aromatic rings. The van der Waals surface area contributed by atoms with E-state index in [4.69, 9.17) is 24.5 Å². The van der Waals surface area contributed by atoms with Gasteiger partial charge in [0.05, 0.1) is 38.1 Å². The lowest BCUT2D eigenvalue weighted by Crippen LogP contribution is -2.28. The zero-order valence-electron chi connectivity index (χ0n) is 12.0. The molecule has 0 aromatic carbocycles. The number of nitrogens with one attached hydrogen (secondary N) is 3. The normalized spacial score (nSPS) is 23.5. The highest BCUT2D eigenvalue weighted by atomic mass is 31.2. The molecule has 0 amide bonds. The van der Waals surface area contributed by atoms with Crippen LogP contribution in [0.4, 0.5) is 0 Å². The number of hydrogen-bond acceptors (Lipinski definition) is 6. The molecule has 1 heterocycles. The van der Waals surface area contributed by atoms with E-state index in [-0.39, 0.29) is 18.4 Å². The molecule has 1 aliphatic rings. The van der Waals surface area contributed by atoms with E-state index in [1.807, 2.05) is 19.9 Å². The molecule has 0 saturated carbocycles. The molecular weight excluding hydrogens is 279 g/mol. The van der Waals surface area contributed by atoms with Crippen LogP contribution in [0.15, 0.2) is 0 Å². The second-order valence-corrected chi connectivity index (χ2v) is 6.00. The highest BCUT2D eigenvalue weighted by Gasteiger charge is 2.26. The summed E-state index contributed by atoms with van der Waals surface area (Å²) in [6, 6.07) is 2.29. The Morgan fingerprint density at radius 1 is 1.50 bits per heavy atom. The minimum atomic E-state index is -1.20. The first-order chi connectivity index (χ1) is 9.65. The van der Waals surface area contributed by atoms with Gasteiger partial charge in [0.25, 0.3) is 8.53 Å². The lowest BCUT2D eigenvalue weighted by Gasteiger charge is -2.21. The van der Waals surface area contributed by atoms with Crippen molar-refractivity contribution in [3.63, 3.8) is 0 Å². The average molecular weight is 302 g/mol. The molecule has 114 valence electrons. The first kappa shape index (κ1) is 17.3. The molecule has 0 spiro atoms. The molecule has 7 nitrogen and oxygen atoms in total. The highest BCUT2D eigenvalue weighted by Crippen LogP contribution is 2.35. The lowest BCUT2D eigenvalue weighted by atomic mass is 10.2. The van der Waals surface area contributed by atoms with E-state index in [2.05, 4.69) is 10.4 Å². The molecule has 0 aromatic heterocycles. The van der Waals surface area contributed by atoms with Crippen molar-refractivity contribution in [1.82, 2.24) is 10.4 Å². The van der Waals surface area contributed by atoms with E-state index >= 15 is 0 Å². The summed E-state index contributed by atoms with van der Waals surface area (Å²) in [5, 5.41) is 21.5. The molecule has 3 atom stereocenters. The van der Waals surface area contributed by atoms with Gasteiger partial charge >= 0.3 is 0 Å². The van der Waals surface area contributed by atoms with Crippen LogP contribution in [0.3, 0.4) is 0 Å². The van der Waals surface area contributed by atoms with Crippen LogP contribution in [-0.2, 0) is 13.8 Å². The number of ether oxygens (including phenoxy) is 1. The van der Waals surface area contributed by atoms with E-state index in [9.17, 15) is 0 Å². The summed E-state index contributed by atoms with van der Waals surface area (Å²) in [6.07, 6.45) is 3.19. The van der Waals surface area contributed by atoms with Crippen LogP contribution in [0, 0.1) is 16.7 Å². The largest absolute Gasteiger partial charge is 0.353 e. The van der Waals surface area contributed by atoms with Gasteiger partial charge in [-0.1, -0.05) is 0 Å². The zero-order chi connectivity index (χ0) is 14.8. The molecule has 0 bridgehead atoms. The van der Waals surface area contributed by atoms with Crippen molar-refractivity contribution in [1.29, 1.82) is 10.7 Å². The molecule has 0 aliphatic carbocycles. The van der Waals surface area contributed by atoms with Gasteiger partial charge in [-0.25, -0.2) is 5.09 Å². The topological polar surface area (TPSA) is 99.4 Å². The summed E-state index contributed by atoms with van der Waals surface area (Å²) in [5.74, 6) is 0. The van der Waals surface area contributed by atoms with Crippen molar-refractivity contribution in [2.45, 2.75) is 51.5 Å². The molecule has 1 saturated heterocycles. The third-order valence-corrected chi connectivity index (χ3v) is 4.07. The SMILES string of the molecule is CC(C)NP(OCCC#N)OC[C@@H]1CC[C@H](NC=N)O1. The first-order valence-electron chi connectivity index (χ1n) is 6.75. The van der Waals surface area contributed by atoms with Crippen molar-refractivity contribution < 1.29 is 13.8 Å².